The molecule has 3 aromatic rings. The molecule has 0 N–H and O–H groups in total. The minimum absolute atomic E-state index is 0.548. The Morgan fingerprint density at radius 3 is 2.59 bits per heavy atom. The van der Waals surface area contributed by atoms with E-state index in [2.05, 4.69) is 66.7 Å². The van der Waals surface area contributed by atoms with Crippen molar-refractivity contribution in [1.29, 1.82) is 0 Å². The third-order valence-electron chi connectivity index (χ3n) is 4.72. The molecule has 1 aliphatic carbocycles. The van der Waals surface area contributed by atoms with Gasteiger partial charge < -0.3 is 4.52 Å². The maximum Gasteiger partial charge on any atom is 0.141 e. The van der Waals surface area contributed by atoms with Crippen molar-refractivity contribution in [3.63, 3.8) is 0 Å². The highest BCUT2D eigenvalue weighted by molar-refractivity contribution is 5.67. The molecule has 4 rings (SSSR count). The van der Waals surface area contributed by atoms with Gasteiger partial charge >= 0.3 is 0 Å². The summed E-state index contributed by atoms with van der Waals surface area (Å²) >= 11 is 0. The van der Waals surface area contributed by atoms with E-state index < -0.39 is 0 Å². The second-order valence-corrected chi connectivity index (χ2v) is 6.10. The first-order valence-electron chi connectivity index (χ1n) is 7.91. The molecule has 0 amide bonds. The van der Waals surface area contributed by atoms with Crippen LogP contribution in [0.1, 0.15) is 34.8 Å². The van der Waals surface area contributed by atoms with Crippen LogP contribution < -0.4 is 0 Å². The Morgan fingerprint density at radius 1 is 1.00 bits per heavy atom. The third kappa shape index (κ3) is 2.25. The Bertz CT molecular complexity index is 788. The summed E-state index contributed by atoms with van der Waals surface area (Å²) in [5.41, 5.74) is 6.21. The molecule has 0 bridgehead atoms. The monoisotopic (exact) mass is 289 g/mol. The van der Waals surface area contributed by atoms with E-state index in [-0.39, 0.29) is 0 Å². The summed E-state index contributed by atoms with van der Waals surface area (Å²) in [5, 5.41) is 4.38. The van der Waals surface area contributed by atoms with Gasteiger partial charge in [-0.05, 0) is 36.8 Å². The molecule has 110 valence electrons. The van der Waals surface area contributed by atoms with Crippen LogP contribution in [0.15, 0.2) is 59.1 Å². The minimum Gasteiger partial charge on any atom is -0.360 e. The van der Waals surface area contributed by atoms with Gasteiger partial charge in [-0.1, -0.05) is 59.8 Å². The predicted octanol–water partition coefficient (Wildman–Crippen LogP) is 4.92. The zero-order valence-corrected chi connectivity index (χ0v) is 12.8. The first kappa shape index (κ1) is 13.3. The molecule has 0 radical (unpaired) electrons. The van der Waals surface area contributed by atoms with E-state index in [0.29, 0.717) is 5.92 Å². The van der Waals surface area contributed by atoms with Crippen LogP contribution in [-0.4, -0.2) is 5.16 Å². The first-order chi connectivity index (χ1) is 10.8. The number of rotatable bonds is 2. The lowest BCUT2D eigenvalue weighted by molar-refractivity contribution is 0.363. The standard InChI is InChI=1S/C20H19NO/c1-14-7-5-6-10-17(14)20-18-12-11-16(13-19(18)22-21-20)15-8-3-2-4-9-15/h2-10,16H,11-13H2,1H3. The molecule has 2 heteroatoms. The Hall–Kier alpha value is -2.35. The summed E-state index contributed by atoms with van der Waals surface area (Å²) in [4.78, 5) is 0. The highest BCUT2D eigenvalue weighted by Crippen LogP contribution is 2.37. The fourth-order valence-corrected chi connectivity index (χ4v) is 3.47. The van der Waals surface area contributed by atoms with Crippen molar-refractivity contribution in [3.05, 3.63) is 77.0 Å². The topological polar surface area (TPSA) is 26.0 Å². The van der Waals surface area contributed by atoms with Crippen molar-refractivity contribution in [1.82, 2.24) is 5.16 Å². The summed E-state index contributed by atoms with van der Waals surface area (Å²) in [6.07, 6.45) is 3.16. The fraction of sp³-hybridized carbons (Fsp3) is 0.250. The number of hydrogen-bond donors (Lipinski definition) is 0. The Morgan fingerprint density at radius 2 is 1.77 bits per heavy atom. The minimum atomic E-state index is 0.548. The van der Waals surface area contributed by atoms with E-state index in [1.54, 1.807) is 0 Å². The van der Waals surface area contributed by atoms with E-state index in [1.807, 2.05) is 0 Å². The molecule has 1 aromatic heterocycles. The molecule has 2 nitrogen and oxygen atoms in total. The van der Waals surface area contributed by atoms with Gasteiger partial charge in [0.25, 0.3) is 0 Å². The lowest BCUT2D eigenvalue weighted by Crippen LogP contribution is -2.11. The zero-order chi connectivity index (χ0) is 14.9. The normalized spacial score (nSPS) is 17.2. The Kier molecular flexibility index (Phi) is 3.30. The van der Waals surface area contributed by atoms with Gasteiger partial charge in [-0.15, -0.1) is 0 Å². The smallest absolute Gasteiger partial charge is 0.141 e. The molecular formula is C20H19NO. The molecule has 22 heavy (non-hydrogen) atoms. The quantitative estimate of drug-likeness (QED) is 0.669. The predicted molar refractivity (Wildman–Crippen MR) is 87.9 cm³/mol. The molecule has 1 unspecified atom stereocenters. The summed E-state index contributed by atoms with van der Waals surface area (Å²) < 4.78 is 5.70. The highest BCUT2D eigenvalue weighted by atomic mass is 16.5. The van der Waals surface area contributed by atoms with Crippen molar-refractivity contribution >= 4 is 0 Å². The van der Waals surface area contributed by atoms with Crippen LogP contribution in [-0.2, 0) is 12.8 Å². The van der Waals surface area contributed by atoms with E-state index in [9.17, 15) is 0 Å². The van der Waals surface area contributed by atoms with Gasteiger partial charge in [0, 0.05) is 17.5 Å². The largest absolute Gasteiger partial charge is 0.360 e. The fourth-order valence-electron chi connectivity index (χ4n) is 3.47. The number of aromatic nitrogens is 1. The summed E-state index contributed by atoms with van der Waals surface area (Å²) in [6.45, 7) is 2.13. The van der Waals surface area contributed by atoms with Crippen LogP contribution >= 0.6 is 0 Å². The second kappa shape index (κ2) is 5.45. The average molecular weight is 289 g/mol. The third-order valence-corrected chi connectivity index (χ3v) is 4.72. The number of aryl methyl sites for hydroxylation is 1. The molecule has 0 fully saturated rings. The van der Waals surface area contributed by atoms with Crippen LogP contribution in [0.5, 0.6) is 0 Å². The Labute approximate surface area is 130 Å². The molecule has 0 saturated heterocycles. The average Bonchev–Trinajstić information content (AvgIpc) is 2.99. The van der Waals surface area contributed by atoms with Gasteiger partial charge in [-0.25, -0.2) is 0 Å². The van der Waals surface area contributed by atoms with Gasteiger partial charge in [0.1, 0.15) is 11.5 Å². The molecule has 1 atom stereocenters. The van der Waals surface area contributed by atoms with E-state index in [4.69, 9.17) is 4.52 Å². The van der Waals surface area contributed by atoms with E-state index >= 15 is 0 Å². The summed E-state index contributed by atoms with van der Waals surface area (Å²) in [7, 11) is 0. The van der Waals surface area contributed by atoms with Crippen LogP contribution in [0, 0.1) is 6.92 Å². The molecule has 0 spiro atoms. The first-order valence-corrected chi connectivity index (χ1v) is 7.91. The zero-order valence-electron chi connectivity index (χ0n) is 12.8. The Balaban J connectivity index is 1.68. The molecular weight excluding hydrogens is 270 g/mol. The van der Waals surface area contributed by atoms with Gasteiger partial charge in [0.15, 0.2) is 0 Å². The summed E-state index contributed by atoms with van der Waals surface area (Å²) in [5.74, 6) is 1.62. The maximum absolute atomic E-state index is 5.70. The van der Waals surface area contributed by atoms with Gasteiger partial charge in [0.2, 0.25) is 0 Å². The van der Waals surface area contributed by atoms with Crippen molar-refractivity contribution in [2.24, 2.45) is 0 Å². The van der Waals surface area contributed by atoms with Crippen LogP contribution in [0.3, 0.4) is 0 Å². The van der Waals surface area contributed by atoms with Crippen molar-refractivity contribution in [2.75, 3.05) is 0 Å². The number of benzene rings is 2. The van der Waals surface area contributed by atoms with E-state index in [0.717, 1.165) is 30.7 Å². The second-order valence-electron chi connectivity index (χ2n) is 6.10. The molecule has 0 aliphatic heterocycles. The van der Waals surface area contributed by atoms with Crippen LogP contribution in [0.4, 0.5) is 0 Å². The van der Waals surface area contributed by atoms with Gasteiger partial charge in [0.05, 0.1) is 0 Å². The van der Waals surface area contributed by atoms with Crippen LogP contribution in [0.2, 0.25) is 0 Å². The highest BCUT2D eigenvalue weighted by Gasteiger charge is 2.27. The van der Waals surface area contributed by atoms with Gasteiger partial charge in [-0.3, -0.25) is 0 Å². The molecule has 1 heterocycles. The molecule has 1 aliphatic rings. The van der Waals surface area contributed by atoms with Crippen molar-refractivity contribution < 1.29 is 4.52 Å². The van der Waals surface area contributed by atoms with Crippen molar-refractivity contribution in [2.45, 2.75) is 32.1 Å². The SMILES string of the molecule is Cc1ccccc1-c1noc2c1CCC(c1ccccc1)C2. The van der Waals surface area contributed by atoms with Crippen LogP contribution in [0.25, 0.3) is 11.3 Å². The van der Waals surface area contributed by atoms with Gasteiger partial charge in [-0.2, -0.15) is 0 Å². The van der Waals surface area contributed by atoms with Crippen molar-refractivity contribution in [3.8, 4) is 11.3 Å². The number of fused-ring (bicyclic) bond motifs is 1. The number of hydrogen-bond acceptors (Lipinski definition) is 2. The lowest BCUT2D eigenvalue weighted by Gasteiger charge is -2.21. The van der Waals surface area contributed by atoms with E-state index in [1.165, 1.54) is 22.3 Å². The number of nitrogens with zero attached hydrogens (tertiary/aromatic N) is 1. The summed E-state index contributed by atoms with van der Waals surface area (Å²) in [6, 6.07) is 19.1. The maximum atomic E-state index is 5.70. The molecule has 0 saturated carbocycles. The molecule has 2 aromatic carbocycles. The lowest BCUT2D eigenvalue weighted by atomic mass is 9.82.